The highest BCUT2D eigenvalue weighted by atomic mass is 35.5. The van der Waals surface area contributed by atoms with Gasteiger partial charge in [-0.15, -0.1) is 0 Å². The quantitative estimate of drug-likeness (QED) is 0.687. The fourth-order valence-corrected chi connectivity index (χ4v) is 2.43. The number of methoxy groups -OCH3 is 1. The summed E-state index contributed by atoms with van der Waals surface area (Å²) in [7, 11) is 1.58. The van der Waals surface area contributed by atoms with Gasteiger partial charge in [0, 0.05) is 36.9 Å². The third-order valence-electron chi connectivity index (χ3n) is 3.55. The van der Waals surface area contributed by atoms with Crippen molar-refractivity contribution in [3.05, 3.63) is 34.9 Å². The monoisotopic (exact) mass is 328 g/mol. The molecular weight excluding hydrogens is 304 g/mol. The summed E-state index contributed by atoms with van der Waals surface area (Å²) in [4.78, 5) is 12.0. The van der Waals surface area contributed by atoms with Gasteiger partial charge in [0.2, 0.25) is 0 Å². The van der Waals surface area contributed by atoms with Crippen LogP contribution in [0.4, 0.5) is 4.79 Å². The van der Waals surface area contributed by atoms with E-state index in [-0.39, 0.29) is 30.7 Å². The van der Waals surface area contributed by atoms with Crippen LogP contribution in [0.1, 0.15) is 31.9 Å². The molecule has 0 aromatic heterocycles. The lowest BCUT2D eigenvalue weighted by molar-refractivity contribution is 0.103. The number of aliphatic hydroxyl groups is 1. The van der Waals surface area contributed by atoms with Crippen molar-refractivity contribution in [2.45, 2.75) is 32.4 Å². The van der Waals surface area contributed by atoms with Gasteiger partial charge < -0.3 is 20.5 Å². The van der Waals surface area contributed by atoms with Gasteiger partial charge in [-0.25, -0.2) is 4.79 Å². The molecule has 0 bridgehead atoms. The molecule has 6 heteroatoms. The minimum Gasteiger partial charge on any atom is -0.396 e. The van der Waals surface area contributed by atoms with E-state index in [1.165, 1.54) is 0 Å². The van der Waals surface area contributed by atoms with Gasteiger partial charge in [0.25, 0.3) is 0 Å². The normalized spacial score (nSPS) is 13.7. The Morgan fingerprint density at radius 1 is 1.36 bits per heavy atom. The van der Waals surface area contributed by atoms with Crippen LogP contribution in [0.3, 0.4) is 0 Å². The Kier molecular flexibility index (Phi) is 8.24. The summed E-state index contributed by atoms with van der Waals surface area (Å²) in [5.41, 5.74) is 0.836. The SMILES string of the molecule is COC(CNC(=O)NC(CCO)C(C)C)c1ccccc1Cl. The largest absolute Gasteiger partial charge is 0.396 e. The summed E-state index contributed by atoms with van der Waals surface area (Å²) in [5.74, 6) is 0.250. The van der Waals surface area contributed by atoms with Crippen molar-refractivity contribution in [3.63, 3.8) is 0 Å². The highest BCUT2D eigenvalue weighted by molar-refractivity contribution is 6.31. The van der Waals surface area contributed by atoms with Crippen LogP contribution in [0.15, 0.2) is 24.3 Å². The van der Waals surface area contributed by atoms with Gasteiger partial charge in [-0.1, -0.05) is 43.6 Å². The zero-order valence-corrected chi connectivity index (χ0v) is 14.1. The van der Waals surface area contributed by atoms with E-state index >= 15 is 0 Å². The van der Waals surface area contributed by atoms with Gasteiger partial charge in [0.15, 0.2) is 0 Å². The van der Waals surface area contributed by atoms with Crippen LogP contribution in [0.25, 0.3) is 0 Å². The fraction of sp³-hybridized carbons (Fsp3) is 0.562. The van der Waals surface area contributed by atoms with Crippen LogP contribution in [0.5, 0.6) is 0 Å². The average molecular weight is 329 g/mol. The number of halogens is 1. The highest BCUT2D eigenvalue weighted by Crippen LogP contribution is 2.24. The van der Waals surface area contributed by atoms with E-state index in [1.54, 1.807) is 13.2 Å². The first-order valence-electron chi connectivity index (χ1n) is 7.42. The molecule has 2 amide bonds. The third kappa shape index (κ3) is 5.83. The standard InChI is InChI=1S/C16H25ClN2O3/c1-11(2)14(8-9-20)19-16(21)18-10-15(22-3)12-6-4-5-7-13(12)17/h4-7,11,14-15,20H,8-10H2,1-3H3,(H2,18,19,21). The number of carbonyl (C=O) groups is 1. The Morgan fingerprint density at radius 3 is 2.59 bits per heavy atom. The van der Waals surface area contributed by atoms with Gasteiger partial charge in [0.05, 0.1) is 0 Å². The van der Waals surface area contributed by atoms with Gasteiger partial charge in [-0.05, 0) is 18.4 Å². The molecule has 0 saturated carbocycles. The Bertz CT molecular complexity index is 468. The second-order valence-corrected chi connectivity index (χ2v) is 5.87. The highest BCUT2D eigenvalue weighted by Gasteiger charge is 2.18. The Labute approximate surface area is 137 Å². The number of aliphatic hydroxyl groups excluding tert-OH is 1. The molecule has 3 N–H and O–H groups in total. The Hall–Kier alpha value is -1.30. The van der Waals surface area contributed by atoms with Crippen LogP contribution in [-0.2, 0) is 4.74 Å². The molecule has 124 valence electrons. The molecule has 0 aliphatic carbocycles. The van der Waals surface area contributed by atoms with Crippen molar-refractivity contribution < 1.29 is 14.6 Å². The lowest BCUT2D eigenvalue weighted by Gasteiger charge is -2.23. The summed E-state index contributed by atoms with van der Waals surface area (Å²) in [6.45, 7) is 4.37. The van der Waals surface area contributed by atoms with Crippen molar-refractivity contribution in [1.29, 1.82) is 0 Å². The van der Waals surface area contributed by atoms with E-state index in [0.717, 1.165) is 5.56 Å². The number of rotatable bonds is 8. The van der Waals surface area contributed by atoms with Crippen molar-refractivity contribution in [3.8, 4) is 0 Å². The van der Waals surface area contributed by atoms with Gasteiger partial charge in [-0.3, -0.25) is 0 Å². The molecule has 22 heavy (non-hydrogen) atoms. The first-order valence-corrected chi connectivity index (χ1v) is 7.79. The minimum atomic E-state index is -0.310. The maximum absolute atomic E-state index is 12.0. The maximum Gasteiger partial charge on any atom is 0.315 e. The number of amides is 2. The number of carbonyl (C=O) groups excluding carboxylic acids is 1. The molecule has 0 heterocycles. The molecular formula is C16H25ClN2O3. The van der Waals surface area contributed by atoms with Crippen molar-refractivity contribution in [1.82, 2.24) is 10.6 Å². The number of hydrogen-bond acceptors (Lipinski definition) is 3. The molecule has 0 spiro atoms. The van der Waals surface area contributed by atoms with Crippen molar-refractivity contribution >= 4 is 17.6 Å². The van der Waals surface area contributed by atoms with E-state index < -0.39 is 0 Å². The summed E-state index contributed by atoms with van der Waals surface area (Å²) in [6.07, 6.45) is 0.221. The molecule has 1 aromatic rings. The second-order valence-electron chi connectivity index (χ2n) is 5.46. The van der Waals surface area contributed by atoms with Crippen molar-refractivity contribution in [2.75, 3.05) is 20.3 Å². The third-order valence-corrected chi connectivity index (χ3v) is 3.89. The molecule has 0 aliphatic heterocycles. The van der Waals surface area contributed by atoms with E-state index in [4.69, 9.17) is 21.4 Å². The Morgan fingerprint density at radius 2 is 2.05 bits per heavy atom. The first kappa shape index (κ1) is 18.7. The molecule has 0 saturated heterocycles. The zero-order chi connectivity index (χ0) is 16.5. The van der Waals surface area contributed by atoms with E-state index in [2.05, 4.69) is 10.6 Å². The molecule has 0 fully saturated rings. The maximum atomic E-state index is 12.0. The number of ether oxygens (including phenoxy) is 1. The minimum absolute atomic E-state index is 0.0451. The summed E-state index contributed by atoms with van der Waals surface area (Å²) in [5, 5.41) is 15.3. The number of urea groups is 1. The number of nitrogens with one attached hydrogen (secondary N) is 2. The smallest absolute Gasteiger partial charge is 0.315 e. The molecule has 2 atom stereocenters. The van der Waals surface area contributed by atoms with Gasteiger partial charge in [-0.2, -0.15) is 0 Å². The summed E-state index contributed by atoms with van der Waals surface area (Å²) in [6, 6.07) is 7.05. The van der Waals surface area contributed by atoms with Gasteiger partial charge in [0.1, 0.15) is 6.10 Å². The molecule has 5 nitrogen and oxygen atoms in total. The van der Waals surface area contributed by atoms with Crippen LogP contribution < -0.4 is 10.6 Å². The van der Waals surface area contributed by atoms with Crippen LogP contribution in [0, 0.1) is 5.92 Å². The molecule has 2 unspecified atom stereocenters. The molecule has 1 rings (SSSR count). The van der Waals surface area contributed by atoms with E-state index in [1.807, 2.05) is 32.0 Å². The topological polar surface area (TPSA) is 70.6 Å². The first-order chi connectivity index (χ1) is 10.5. The van der Waals surface area contributed by atoms with E-state index in [9.17, 15) is 4.79 Å². The lowest BCUT2D eigenvalue weighted by atomic mass is 10.0. The van der Waals surface area contributed by atoms with Crippen molar-refractivity contribution in [2.24, 2.45) is 5.92 Å². The zero-order valence-electron chi connectivity index (χ0n) is 13.3. The van der Waals surface area contributed by atoms with Crippen LogP contribution >= 0.6 is 11.6 Å². The number of hydrogen-bond donors (Lipinski definition) is 3. The fourth-order valence-electron chi connectivity index (χ4n) is 2.17. The van der Waals surface area contributed by atoms with Gasteiger partial charge >= 0.3 is 6.03 Å². The lowest BCUT2D eigenvalue weighted by Crippen LogP contribution is -2.46. The molecule has 0 radical (unpaired) electrons. The summed E-state index contributed by atoms with van der Waals surface area (Å²) < 4.78 is 5.40. The van der Waals surface area contributed by atoms with E-state index in [0.29, 0.717) is 18.0 Å². The molecule has 1 aromatic carbocycles. The predicted octanol–water partition coefficient (Wildman–Crippen LogP) is 2.73. The summed E-state index contributed by atoms with van der Waals surface area (Å²) >= 11 is 6.14. The van der Waals surface area contributed by atoms with Crippen LogP contribution in [0.2, 0.25) is 5.02 Å². The van der Waals surface area contributed by atoms with Crippen LogP contribution in [-0.4, -0.2) is 37.4 Å². The average Bonchev–Trinajstić information content (AvgIpc) is 2.49. The second kappa shape index (κ2) is 9.66. The number of benzene rings is 1. The Balaban J connectivity index is 2.56. The predicted molar refractivity (Wildman–Crippen MR) is 88.1 cm³/mol. The molecule has 0 aliphatic rings.